The van der Waals surface area contributed by atoms with Crippen LogP contribution in [-0.4, -0.2) is 85.7 Å². The van der Waals surface area contributed by atoms with Crippen molar-refractivity contribution < 1.29 is 19.1 Å². The molecule has 0 spiro atoms. The molecule has 2 saturated heterocycles. The maximum Gasteiger partial charge on any atom is 0.305 e. The van der Waals surface area contributed by atoms with Gasteiger partial charge in [-0.25, -0.2) is 0 Å². The van der Waals surface area contributed by atoms with Crippen LogP contribution in [0.3, 0.4) is 0 Å². The van der Waals surface area contributed by atoms with Crippen molar-refractivity contribution in [2.24, 2.45) is 11.8 Å². The zero-order valence-corrected chi connectivity index (χ0v) is 46.3. The lowest BCUT2D eigenvalue weighted by Crippen LogP contribution is -2.36. The third-order valence-corrected chi connectivity index (χ3v) is 16.6. The van der Waals surface area contributed by atoms with Crippen LogP contribution in [0.1, 0.15) is 245 Å². The zero-order chi connectivity index (χ0) is 48.5. The van der Waals surface area contributed by atoms with Gasteiger partial charge in [-0.1, -0.05) is 187 Å². The first-order valence-electron chi connectivity index (χ1n) is 29.2. The Morgan fingerprint density at radius 2 is 0.735 bits per heavy atom. The number of rotatable bonds is 47. The van der Waals surface area contributed by atoms with Crippen molar-refractivity contribution in [3.05, 3.63) is 48.6 Å². The summed E-state index contributed by atoms with van der Waals surface area (Å²) in [5, 5.41) is 0. The number of unbranched alkanes of at least 4 members (excludes halogenated alkanes) is 22. The van der Waals surface area contributed by atoms with E-state index in [1.54, 1.807) is 0 Å². The second-order valence-electron chi connectivity index (χ2n) is 20.3. The van der Waals surface area contributed by atoms with Gasteiger partial charge in [0.25, 0.3) is 0 Å². The van der Waals surface area contributed by atoms with Crippen LogP contribution < -0.4 is 0 Å². The molecule has 0 saturated carbocycles. The van der Waals surface area contributed by atoms with Crippen LogP contribution >= 0.6 is 21.6 Å². The molecule has 0 N–H and O–H groups in total. The van der Waals surface area contributed by atoms with Gasteiger partial charge in [0.2, 0.25) is 0 Å². The summed E-state index contributed by atoms with van der Waals surface area (Å²) in [6.07, 6.45) is 61.9. The third kappa shape index (κ3) is 41.2. The van der Waals surface area contributed by atoms with Crippen LogP contribution in [0.5, 0.6) is 0 Å². The van der Waals surface area contributed by atoms with E-state index in [-0.39, 0.29) is 11.9 Å². The molecule has 0 aromatic rings. The molecule has 0 radical (unpaired) electrons. The Bertz CT molecular complexity index is 1150. The lowest BCUT2D eigenvalue weighted by Gasteiger charge is -2.32. The summed E-state index contributed by atoms with van der Waals surface area (Å²) in [4.78, 5) is 29.8. The quantitative estimate of drug-likeness (QED) is 0.0259. The van der Waals surface area contributed by atoms with Gasteiger partial charge in [-0.3, -0.25) is 9.59 Å². The number of piperidine rings is 2. The van der Waals surface area contributed by atoms with Gasteiger partial charge in [0.05, 0.1) is 13.2 Å². The summed E-state index contributed by atoms with van der Waals surface area (Å²) in [6.45, 7) is 12.8. The average molecular weight is 986 g/mol. The second-order valence-corrected chi connectivity index (χ2v) is 23.0. The number of carbonyl (C=O) groups is 2. The van der Waals surface area contributed by atoms with E-state index in [1.807, 2.05) is 21.6 Å². The van der Waals surface area contributed by atoms with E-state index in [0.717, 1.165) is 51.4 Å². The SMILES string of the molecule is CCCCCCCC/C=C\C/C=C\CCCCCCCC(=O)OCCC1CCN(CCSSCCN2CCC(CCOC(=O)CCCCCCC/C=C\C/C=C\CCCCCCCC)CC2)CC1. The molecule has 2 fully saturated rings. The summed E-state index contributed by atoms with van der Waals surface area (Å²) in [5.74, 6) is 3.78. The van der Waals surface area contributed by atoms with E-state index in [1.165, 1.54) is 218 Å². The van der Waals surface area contributed by atoms with Crippen LogP contribution in [0.25, 0.3) is 0 Å². The van der Waals surface area contributed by atoms with Gasteiger partial charge in [0.1, 0.15) is 0 Å². The number of allylic oxidation sites excluding steroid dienone is 8. The molecule has 0 aliphatic carbocycles. The minimum atomic E-state index is 0.00203. The van der Waals surface area contributed by atoms with E-state index in [9.17, 15) is 9.59 Å². The van der Waals surface area contributed by atoms with Gasteiger partial charge in [-0.05, 0) is 154 Å². The summed E-state index contributed by atoms with van der Waals surface area (Å²) < 4.78 is 11.3. The molecule has 8 heteroatoms. The predicted molar refractivity (Wildman–Crippen MR) is 301 cm³/mol. The van der Waals surface area contributed by atoms with Crippen molar-refractivity contribution >= 4 is 33.5 Å². The van der Waals surface area contributed by atoms with Crippen molar-refractivity contribution in [1.29, 1.82) is 0 Å². The van der Waals surface area contributed by atoms with Crippen molar-refractivity contribution in [3.8, 4) is 0 Å². The van der Waals surface area contributed by atoms with E-state index in [2.05, 4.69) is 72.3 Å². The number of esters is 2. The third-order valence-electron chi connectivity index (χ3n) is 14.2. The van der Waals surface area contributed by atoms with Crippen molar-refractivity contribution in [2.45, 2.75) is 245 Å². The maximum atomic E-state index is 12.3. The largest absolute Gasteiger partial charge is 0.466 e. The molecule has 0 aromatic carbocycles. The number of likely N-dealkylation sites (tertiary alicyclic amines) is 2. The first-order valence-corrected chi connectivity index (χ1v) is 31.7. The Kier molecular flexibility index (Phi) is 45.2. The van der Waals surface area contributed by atoms with Crippen molar-refractivity contribution in [3.63, 3.8) is 0 Å². The first-order chi connectivity index (χ1) is 33.6. The fraction of sp³-hybridized carbons (Fsp3) is 0.833. The lowest BCUT2D eigenvalue weighted by atomic mass is 9.94. The van der Waals surface area contributed by atoms with Crippen LogP contribution in [-0.2, 0) is 19.1 Å². The molecule has 2 rings (SSSR count). The Morgan fingerprint density at radius 3 is 1.07 bits per heavy atom. The van der Waals surface area contributed by atoms with E-state index in [0.29, 0.717) is 37.9 Å². The number of carbonyl (C=O) groups excluding carboxylic acids is 2. The Balaban J connectivity index is 1.28. The summed E-state index contributed by atoms with van der Waals surface area (Å²) in [6, 6.07) is 0. The predicted octanol–water partition coefficient (Wildman–Crippen LogP) is 17.6. The summed E-state index contributed by atoms with van der Waals surface area (Å²) in [5.41, 5.74) is 0. The number of nitrogens with zero attached hydrogens (tertiary/aromatic N) is 2. The van der Waals surface area contributed by atoms with Crippen molar-refractivity contribution in [1.82, 2.24) is 9.80 Å². The Morgan fingerprint density at radius 1 is 0.426 bits per heavy atom. The van der Waals surface area contributed by atoms with Crippen LogP contribution in [0.4, 0.5) is 0 Å². The summed E-state index contributed by atoms with van der Waals surface area (Å²) in [7, 11) is 4.07. The zero-order valence-electron chi connectivity index (χ0n) is 44.6. The fourth-order valence-electron chi connectivity index (χ4n) is 9.49. The van der Waals surface area contributed by atoms with Gasteiger partial charge >= 0.3 is 11.9 Å². The van der Waals surface area contributed by atoms with E-state index < -0.39 is 0 Å². The summed E-state index contributed by atoms with van der Waals surface area (Å²) >= 11 is 0. The number of hydrogen-bond acceptors (Lipinski definition) is 8. The highest BCUT2D eigenvalue weighted by Crippen LogP contribution is 2.26. The molecule has 0 amide bonds. The molecule has 0 unspecified atom stereocenters. The minimum Gasteiger partial charge on any atom is -0.466 e. The standard InChI is InChI=1S/C60H108N2O4S2/c1-3-5-7-9-11-13-15-17-19-21-23-25-27-29-31-33-35-37-39-59(63)65-53-45-57-41-47-61(48-42-57)51-55-67-68-56-52-62-49-43-58(44-50-62)46-54-66-60(64)40-38-36-34-32-30-28-26-24-22-20-18-16-14-12-10-8-6-4-2/h17-20,23-26,57-58H,3-16,21-22,27-56H2,1-2H3/b19-17-,20-18-,25-23-,26-24-. The molecule has 6 nitrogen and oxygen atoms in total. The molecule has 0 bridgehead atoms. The Labute approximate surface area is 429 Å². The second kappa shape index (κ2) is 49.1. The smallest absolute Gasteiger partial charge is 0.305 e. The fourth-order valence-corrected chi connectivity index (χ4v) is 11.5. The average Bonchev–Trinajstić information content (AvgIpc) is 3.35. The molecular formula is C60H108N2O4S2. The van der Waals surface area contributed by atoms with Gasteiger partial charge in [0.15, 0.2) is 0 Å². The van der Waals surface area contributed by atoms with Gasteiger partial charge in [0, 0.05) is 37.4 Å². The highest BCUT2D eigenvalue weighted by atomic mass is 33.1. The molecule has 68 heavy (non-hydrogen) atoms. The minimum absolute atomic E-state index is 0.00203. The van der Waals surface area contributed by atoms with Crippen molar-refractivity contribution in [2.75, 3.05) is 64.0 Å². The molecule has 394 valence electrons. The van der Waals surface area contributed by atoms with Crippen LogP contribution in [0.15, 0.2) is 48.6 Å². The monoisotopic (exact) mass is 985 g/mol. The normalized spacial score (nSPS) is 15.9. The van der Waals surface area contributed by atoms with Crippen LogP contribution in [0.2, 0.25) is 0 Å². The van der Waals surface area contributed by atoms with Gasteiger partial charge < -0.3 is 19.3 Å². The highest BCUT2D eigenvalue weighted by Gasteiger charge is 2.21. The van der Waals surface area contributed by atoms with E-state index in [4.69, 9.17) is 9.47 Å². The van der Waals surface area contributed by atoms with E-state index >= 15 is 0 Å². The van der Waals surface area contributed by atoms with Gasteiger partial charge in [-0.2, -0.15) is 0 Å². The Hall–Kier alpha value is -1.48. The maximum absolute atomic E-state index is 12.3. The molecule has 0 atom stereocenters. The molecule has 2 heterocycles. The number of hydrogen-bond donors (Lipinski definition) is 0. The molecular weight excluding hydrogens is 877 g/mol. The molecule has 0 aromatic heterocycles. The van der Waals surface area contributed by atoms with Crippen LogP contribution in [0, 0.1) is 11.8 Å². The lowest BCUT2D eigenvalue weighted by molar-refractivity contribution is -0.145. The molecule has 2 aliphatic rings. The highest BCUT2D eigenvalue weighted by molar-refractivity contribution is 8.76. The topological polar surface area (TPSA) is 59.1 Å². The number of ether oxygens (including phenoxy) is 2. The first kappa shape index (κ1) is 62.6. The molecule has 2 aliphatic heterocycles. The van der Waals surface area contributed by atoms with Gasteiger partial charge in [-0.15, -0.1) is 0 Å².